The first kappa shape index (κ1) is 15.0. The zero-order valence-corrected chi connectivity index (χ0v) is 11.6. The molecule has 0 bridgehead atoms. The van der Waals surface area contributed by atoms with Gasteiger partial charge in [0.2, 0.25) is 0 Å². The summed E-state index contributed by atoms with van der Waals surface area (Å²) < 4.78 is 38.1. The Morgan fingerprint density at radius 1 is 1.15 bits per heavy atom. The lowest BCUT2D eigenvalue weighted by Crippen LogP contribution is -2.48. The molecule has 0 spiro atoms. The van der Waals surface area contributed by atoms with Gasteiger partial charge in [-0.2, -0.15) is 13.2 Å². The van der Waals surface area contributed by atoms with Gasteiger partial charge in [0.05, 0.1) is 11.1 Å². The molecule has 0 atom stereocenters. The molecule has 1 aliphatic rings. The first-order chi connectivity index (χ1) is 9.23. The minimum atomic E-state index is -4.42. The molecule has 0 saturated carbocycles. The number of carbonyl (C=O) groups excluding carboxylic acids is 1. The number of likely N-dealkylation sites (tertiary alicyclic amines) is 1. The van der Waals surface area contributed by atoms with Crippen molar-refractivity contribution in [1.29, 1.82) is 0 Å². The Labute approximate surface area is 116 Å². The van der Waals surface area contributed by atoms with E-state index in [0.29, 0.717) is 0 Å². The van der Waals surface area contributed by atoms with Crippen LogP contribution in [0.3, 0.4) is 0 Å². The second kappa shape index (κ2) is 5.20. The summed E-state index contributed by atoms with van der Waals surface area (Å²) in [4.78, 5) is 14.6. The Bertz CT molecular complexity index is 502. The summed E-state index contributed by atoms with van der Waals surface area (Å²) in [6, 6.07) is 4.67. The van der Waals surface area contributed by atoms with Crippen molar-refractivity contribution < 1.29 is 18.0 Å². The van der Waals surface area contributed by atoms with Crippen LogP contribution in [0.2, 0.25) is 0 Å². The summed E-state index contributed by atoms with van der Waals surface area (Å²) in [5.74, 6) is -0.259. The molecule has 1 aromatic rings. The van der Waals surface area contributed by atoms with Gasteiger partial charge in [0.25, 0.3) is 0 Å². The highest BCUT2D eigenvalue weighted by atomic mass is 19.4. The van der Waals surface area contributed by atoms with Crippen LogP contribution < -0.4 is 0 Å². The molecule has 20 heavy (non-hydrogen) atoms. The van der Waals surface area contributed by atoms with Crippen LogP contribution in [0.4, 0.5) is 13.2 Å². The summed E-state index contributed by atoms with van der Waals surface area (Å²) >= 11 is 0. The summed E-state index contributed by atoms with van der Waals surface area (Å²) in [6.07, 6.45) is -2.37. The Kier molecular flexibility index (Phi) is 3.91. The smallest absolute Gasteiger partial charge is 0.292 e. The molecule has 0 radical (unpaired) electrons. The van der Waals surface area contributed by atoms with E-state index in [9.17, 15) is 18.0 Å². The van der Waals surface area contributed by atoms with Crippen molar-refractivity contribution in [2.45, 2.75) is 38.4 Å². The van der Waals surface area contributed by atoms with Crippen LogP contribution in [0.15, 0.2) is 24.3 Å². The van der Waals surface area contributed by atoms with Gasteiger partial charge in [-0.05, 0) is 51.9 Å². The highest BCUT2D eigenvalue weighted by Gasteiger charge is 2.37. The molecule has 1 heterocycles. The third-order valence-corrected chi connectivity index (χ3v) is 3.90. The molecule has 2 nitrogen and oxygen atoms in total. The molecule has 0 aliphatic carbocycles. The predicted molar refractivity (Wildman–Crippen MR) is 70.7 cm³/mol. The quantitative estimate of drug-likeness (QED) is 0.788. The number of benzene rings is 1. The van der Waals surface area contributed by atoms with Crippen molar-refractivity contribution in [3.63, 3.8) is 0 Å². The van der Waals surface area contributed by atoms with E-state index in [1.165, 1.54) is 12.1 Å². The molecule has 2 rings (SSSR count). The van der Waals surface area contributed by atoms with E-state index in [4.69, 9.17) is 0 Å². The number of rotatable bonds is 3. The van der Waals surface area contributed by atoms with E-state index in [0.717, 1.165) is 38.1 Å². The second-order valence-corrected chi connectivity index (χ2v) is 5.66. The first-order valence-corrected chi connectivity index (χ1v) is 6.70. The van der Waals surface area contributed by atoms with Gasteiger partial charge in [0, 0.05) is 5.56 Å². The van der Waals surface area contributed by atoms with Crippen LogP contribution in [0.25, 0.3) is 0 Å². The van der Waals surface area contributed by atoms with Crippen molar-refractivity contribution in [3.05, 3.63) is 35.4 Å². The average molecular weight is 285 g/mol. The van der Waals surface area contributed by atoms with E-state index < -0.39 is 17.3 Å². The topological polar surface area (TPSA) is 20.3 Å². The van der Waals surface area contributed by atoms with Gasteiger partial charge in [0.1, 0.15) is 0 Å². The monoisotopic (exact) mass is 285 g/mol. The van der Waals surface area contributed by atoms with Crippen molar-refractivity contribution in [2.75, 3.05) is 13.1 Å². The fraction of sp³-hybridized carbons (Fsp3) is 0.533. The third-order valence-electron chi connectivity index (χ3n) is 3.90. The maximum Gasteiger partial charge on any atom is 0.416 e. The molecule has 1 aliphatic heterocycles. The highest BCUT2D eigenvalue weighted by molar-refractivity contribution is 6.02. The number of halogens is 3. The van der Waals surface area contributed by atoms with E-state index in [-0.39, 0.29) is 11.3 Å². The van der Waals surface area contributed by atoms with Gasteiger partial charge in [-0.1, -0.05) is 12.1 Å². The molecule has 0 N–H and O–H groups in total. The third kappa shape index (κ3) is 2.87. The Hall–Kier alpha value is -1.36. The Morgan fingerprint density at radius 3 is 2.30 bits per heavy atom. The summed E-state index contributed by atoms with van der Waals surface area (Å²) in [7, 11) is 0. The van der Waals surface area contributed by atoms with E-state index in [1.807, 2.05) is 4.90 Å². The summed E-state index contributed by atoms with van der Waals surface area (Å²) in [5, 5.41) is 0. The van der Waals surface area contributed by atoms with Gasteiger partial charge >= 0.3 is 6.18 Å². The molecule has 0 amide bonds. The fourth-order valence-corrected chi connectivity index (χ4v) is 2.61. The molecule has 0 aromatic heterocycles. The highest BCUT2D eigenvalue weighted by Crippen LogP contribution is 2.31. The number of carbonyl (C=O) groups is 1. The minimum absolute atomic E-state index is 0.122. The van der Waals surface area contributed by atoms with Gasteiger partial charge in [0.15, 0.2) is 5.78 Å². The second-order valence-electron chi connectivity index (χ2n) is 5.66. The minimum Gasteiger partial charge on any atom is -0.292 e. The normalized spacial score (nSPS) is 17.4. The van der Waals surface area contributed by atoms with Crippen molar-refractivity contribution in [3.8, 4) is 0 Å². The van der Waals surface area contributed by atoms with E-state index in [2.05, 4.69) is 0 Å². The fourth-order valence-electron chi connectivity index (χ4n) is 2.61. The van der Waals surface area contributed by atoms with Gasteiger partial charge in [-0.25, -0.2) is 0 Å². The van der Waals surface area contributed by atoms with Crippen LogP contribution in [0.5, 0.6) is 0 Å². The molecule has 1 saturated heterocycles. The SMILES string of the molecule is CC(C)(C(=O)c1cccc(C(F)(F)F)c1)N1CCCC1. The van der Waals surface area contributed by atoms with Crippen molar-refractivity contribution >= 4 is 5.78 Å². The molecule has 0 unspecified atom stereocenters. The number of nitrogens with zero attached hydrogens (tertiary/aromatic N) is 1. The first-order valence-electron chi connectivity index (χ1n) is 6.70. The van der Waals surface area contributed by atoms with Gasteiger partial charge in [-0.15, -0.1) is 0 Å². The van der Waals surface area contributed by atoms with Crippen LogP contribution in [-0.2, 0) is 6.18 Å². The standard InChI is InChI=1S/C15H18F3NO/c1-14(2,19-8-3-4-9-19)13(20)11-6-5-7-12(10-11)15(16,17)18/h5-7,10H,3-4,8-9H2,1-2H3. The maximum atomic E-state index is 12.7. The number of hydrogen-bond donors (Lipinski definition) is 0. The van der Waals surface area contributed by atoms with Crippen LogP contribution in [-0.4, -0.2) is 29.3 Å². The molecule has 5 heteroatoms. The van der Waals surface area contributed by atoms with Gasteiger partial charge < -0.3 is 0 Å². The number of ketones is 1. The largest absolute Gasteiger partial charge is 0.416 e. The lowest BCUT2D eigenvalue weighted by atomic mass is 9.90. The average Bonchev–Trinajstić information content (AvgIpc) is 2.91. The number of Topliss-reactive ketones (excluding diaryl/α,β-unsaturated/α-hetero) is 1. The van der Waals surface area contributed by atoms with Crippen molar-refractivity contribution in [1.82, 2.24) is 4.90 Å². The van der Waals surface area contributed by atoms with Crippen molar-refractivity contribution in [2.24, 2.45) is 0 Å². The summed E-state index contributed by atoms with van der Waals surface area (Å²) in [5.41, 5.74) is -1.42. The van der Waals surface area contributed by atoms with Crippen LogP contribution in [0.1, 0.15) is 42.6 Å². The molecular weight excluding hydrogens is 267 g/mol. The summed E-state index contributed by atoms with van der Waals surface area (Å²) in [6.45, 7) is 5.19. The number of alkyl halides is 3. The lowest BCUT2D eigenvalue weighted by molar-refractivity contribution is -0.137. The lowest BCUT2D eigenvalue weighted by Gasteiger charge is -2.34. The van der Waals surface area contributed by atoms with Crippen LogP contribution in [0, 0.1) is 0 Å². The molecule has 1 aromatic carbocycles. The Morgan fingerprint density at radius 2 is 1.75 bits per heavy atom. The van der Waals surface area contributed by atoms with Crippen LogP contribution >= 0.6 is 0 Å². The van der Waals surface area contributed by atoms with Gasteiger partial charge in [-0.3, -0.25) is 9.69 Å². The maximum absolute atomic E-state index is 12.7. The zero-order chi connectivity index (χ0) is 15.0. The Balaban J connectivity index is 2.29. The molecular formula is C15H18F3NO. The zero-order valence-electron chi connectivity index (χ0n) is 11.6. The predicted octanol–water partition coefficient (Wildman–Crippen LogP) is 3.76. The number of hydrogen-bond acceptors (Lipinski definition) is 2. The molecule has 1 fully saturated rings. The van der Waals surface area contributed by atoms with E-state index in [1.54, 1.807) is 13.8 Å². The molecule has 110 valence electrons. The van der Waals surface area contributed by atoms with E-state index >= 15 is 0 Å².